The second-order valence-electron chi connectivity index (χ2n) is 4.90. The summed E-state index contributed by atoms with van der Waals surface area (Å²) in [4.78, 5) is 3.37. The Balaban J connectivity index is 1.98. The van der Waals surface area contributed by atoms with Gasteiger partial charge in [-0.2, -0.15) is 0 Å². The van der Waals surface area contributed by atoms with Crippen molar-refractivity contribution in [3.8, 4) is 0 Å². The van der Waals surface area contributed by atoms with Gasteiger partial charge in [0.25, 0.3) is 0 Å². The van der Waals surface area contributed by atoms with Gasteiger partial charge in [0.2, 0.25) is 0 Å². The Morgan fingerprint density at radius 1 is 1.12 bits per heavy atom. The van der Waals surface area contributed by atoms with Gasteiger partial charge in [-0.25, -0.2) is 0 Å². The number of thioether (sulfide) groups is 1. The third kappa shape index (κ3) is 3.39. The Hall–Kier alpha value is -0.670. The average Bonchev–Trinajstić information content (AvgIpc) is 2.33. The summed E-state index contributed by atoms with van der Waals surface area (Å²) in [5.41, 5.74) is 1.22. The molecule has 1 aliphatic carbocycles. The molecule has 0 bridgehead atoms. The minimum atomic E-state index is -0.123. The van der Waals surface area contributed by atoms with Gasteiger partial charge < -0.3 is 10.0 Å². The van der Waals surface area contributed by atoms with E-state index in [-0.39, 0.29) is 6.10 Å². The number of aliphatic hydroxyl groups is 1. The zero-order valence-corrected chi connectivity index (χ0v) is 11.4. The minimum Gasteiger partial charge on any atom is -0.392 e. The van der Waals surface area contributed by atoms with E-state index in [2.05, 4.69) is 29.2 Å². The minimum absolute atomic E-state index is 0.123. The topological polar surface area (TPSA) is 23.5 Å². The van der Waals surface area contributed by atoms with E-state index in [4.69, 9.17) is 0 Å². The van der Waals surface area contributed by atoms with Gasteiger partial charge >= 0.3 is 0 Å². The molecule has 1 N–H and O–H groups in total. The van der Waals surface area contributed by atoms with E-state index in [0.717, 1.165) is 12.8 Å². The largest absolute Gasteiger partial charge is 0.392 e. The Bertz CT molecular complexity index is 350. The molecule has 0 unspecified atom stereocenters. The number of hydrogen-bond donors (Lipinski definition) is 1. The smallest absolute Gasteiger partial charge is 0.0662 e. The van der Waals surface area contributed by atoms with Gasteiger partial charge in [-0.1, -0.05) is 12.8 Å². The Labute approximate surface area is 108 Å². The summed E-state index contributed by atoms with van der Waals surface area (Å²) in [5, 5.41) is 10.3. The van der Waals surface area contributed by atoms with Crippen LogP contribution in [0, 0.1) is 0 Å². The highest BCUT2D eigenvalue weighted by Crippen LogP contribution is 2.34. The monoisotopic (exact) mass is 251 g/mol. The Morgan fingerprint density at radius 3 is 2.35 bits per heavy atom. The summed E-state index contributed by atoms with van der Waals surface area (Å²) < 4.78 is 0. The predicted molar refractivity (Wildman–Crippen MR) is 74.9 cm³/mol. The van der Waals surface area contributed by atoms with Crippen molar-refractivity contribution in [2.75, 3.05) is 19.0 Å². The number of benzene rings is 1. The molecule has 94 valence electrons. The van der Waals surface area contributed by atoms with E-state index in [1.807, 2.05) is 25.9 Å². The van der Waals surface area contributed by atoms with Gasteiger partial charge in [0.05, 0.1) is 6.10 Å². The first-order valence-corrected chi connectivity index (χ1v) is 7.17. The van der Waals surface area contributed by atoms with Crippen LogP contribution in [0.25, 0.3) is 0 Å². The molecule has 2 atom stereocenters. The van der Waals surface area contributed by atoms with Crippen molar-refractivity contribution in [1.82, 2.24) is 0 Å². The van der Waals surface area contributed by atoms with Crippen LogP contribution < -0.4 is 4.90 Å². The maximum atomic E-state index is 9.94. The predicted octanol–water partition coefficient (Wildman–Crippen LogP) is 3.15. The fraction of sp³-hybridized carbons (Fsp3) is 0.571. The molecule has 1 aromatic carbocycles. The second-order valence-corrected chi connectivity index (χ2v) is 6.21. The van der Waals surface area contributed by atoms with Crippen molar-refractivity contribution >= 4 is 17.4 Å². The first kappa shape index (κ1) is 12.8. The molecule has 0 spiro atoms. The molecule has 1 fully saturated rings. The standard InChI is InChI=1S/C14H21NOS/c1-15(2)11-7-9-12(10-8-11)17-14-6-4-3-5-13(14)16/h7-10,13-14,16H,3-6H2,1-2H3/t13-,14-/m1/s1. The van der Waals surface area contributed by atoms with Crippen LogP contribution in [-0.2, 0) is 0 Å². The fourth-order valence-corrected chi connectivity index (χ4v) is 3.43. The van der Waals surface area contributed by atoms with Gasteiger partial charge in [0.1, 0.15) is 0 Å². The van der Waals surface area contributed by atoms with Crippen LogP contribution in [0.1, 0.15) is 25.7 Å². The van der Waals surface area contributed by atoms with Crippen molar-refractivity contribution in [2.24, 2.45) is 0 Å². The molecule has 1 aromatic rings. The van der Waals surface area contributed by atoms with Crippen LogP contribution in [0.2, 0.25) is 0 Å². The van der Waals surface area contributed by atoms with Crippen LogP contribution in [0.3, 0.4) is 0 Å². The van der Waals surface area contributed by atoms with Crippen LogP contribution in [0.15, 0.2) is 29.2 Å². The first-order valence-electron chi connectivity index (χ1n) is 6.29. The average molecular weight is 251 g/mol. The summed E-state index contributed by atoms with van der Waals surface area (Å²) >= 11 is 1.82. The summed E-state index contributed by atoms with van der Waals surface area (Å²) in [6.07, 6.45) is 4.42. The normalized spacial score (nSPS) is 24.6. The number of hydrogen-bond acceptors (Lipinski definition) is 3. The van der Waals surface area contributed by atoms with E-state index >= 15 is 0 Å². The highest BCUT2D eigenvalue weighted by Gasteiger charge is 2.23. The maximum Gasteiger partial charge on any atom is 0.0662 e. The van der Waals surface area contributed by atoms with E-state index in [1.165, 1.54) is 23.4 Å². The SMILES string of the molecule is CN(C)c1ccc(S[C@@H]2CCCC[C@H]2O)cc1. The van der Waals surface area contributed by atoms with Gasteiger partial charge in [-0.05, 0) is 37.1 Å². The number of nitrogens with zero attached hydrogens (tertiary/aromatic N) is 1. The van der Waals surface area contributed by atoms with Crippen molar-refractivity contribution in [3.05, 3.63) is 24.3 Å². The Morgan fingerprint density at radius 2 is 1.76 bits per heavy atom. The fourth-order valence-electron chi connectivity index (χ4n) is 2.21. The maximum absolute atomic E-state index is 9.94. The van der Waals surface area contributed by atoms with E-state index in [9.17, 15) is 5.11 Å². The summed E-state index contributed by atoms with van der Waals surface area (Å²) in [5.74, 6) is 0. The van der Waals surface area contributed by atoms with E-state index < -0.39 is 0 Å². The third-order valence-corrected chi connectivity index (χ3v) is 4.71. The van der Waals surface area contributed by atoms with Gasteiger partial charge in [-0.3, -0.25) is 0 Å². The molecular formula is C14H21NOS. The van der Waals surface area contributed by atoms with Crippen LogP contribution in [0.4, 0.5) is 5.69 Å². The molecule has 0 radical (unpaired) electrons. The second kappa shape index (κ2) is 5.78. The van der Waals surface area contributed by atoms with E-state index in [0.29, 0.717) is 5.25 Å². The van der Waals surface area contributed by atoms with Crippen molar-refractivity contribution < 1.29 is 5.11 Å². The summed E-state index contributed by atoms with van der Waals surface area (Å²) in [6, 6.07) is 8.58. The third-order valence-electron chi connectivity index (χ3n) is 3.31. The molecule has 1 aliphatic rings. The zero-order chi connectivity index (χ0) is 12.3. The van der Waals surface area contributed by atoms with Gasteiger partial charge in [-0.15, -0.1) is 11.8 Å². The van der Waals surface area contributed by atoms with Crippen molar-refractivity contribution in [2.45, 2.75) is 41.9 Å². The summed E-state index contributed by atoms with van der Waals surface area (Å²) in [6.45, 7) is 0. The molecular weight excluding hydrogens is 230 g/mol. The lowest BCUT2D eigenvalue weighted by Gasteiger charge is -2.27. The highest BCUT2D eigenvalue weighted by atomic mass is 32.2. The number of aliphatic hydroxyl groups excluding tert-OH is 1. The molecule has 3 heteroatoms. The molecule has 1 saturated carbocycles. The molecule has 0 saturated heterocycles. The molecule has 0 amide bonds. The molecule has 2 nitrogen and oxygen atoms in total. The molecule has 0 aliphatic heterocycles. The Kier molecular flexibility index (Phi) is 4.35. The lowest BCUT2D eigenvalue weighted by atomic mass is 9.97. The van der Waals surface area contributed by atoms with Gasteiger partial charge in [0.15, 0.2) is 0 Å². The summed E-state index contributed by atoms with van der Waals surface area (Å²) in [7, 11) is 4.10. The first-order chi connectivity index (χ1) is 8.16. The van der Waals surface area contributed by atoms with Crippen LogP contribution in [-0.4, -0.2) is 30.6 Å². The number of rotatable bonds is 3. The van der Waals surface area contributed by atoms with Crippen molar-refractivity contribution in [3.63, 3.8) is 0 Å². The van der Waals surface area contributed by atoms with Crippen molar-refractivity contribution in [1.29, 1.82) is 0 Å². The molecule has 17 heavy (non-hydrogen) atoms. The van der Waals surface area contributed by atoms with Gasteiger partial charge in [0, 0.05) is 29.9 Å². The molecule has 0 heterocycles. The lowest BCUT2D eigenvalue weighted by molar-refractivity contribution is 0.137. The van der Waals surface area contributed by atoms with E-state index in [1.54, 1.807) is 0 Å². The molecule has 0 aromatic heterocycles. The quantitative estimate of drug-likeness (QED) is 0.892. The van der Waals surface area contributed by atoms with Crippen LogP contribution in [0.5, 0.6) is 0 Å². The lowest BCUT2D eigenvalue weighted by Crippen LogP contribution is -2.26. The van der Waals surface area contributed by atoms with Crippen LogP contribution >= 0.6 is 11.8 Å². The molecule has 2 rings (SSSR count). The highest BCUT2D eigenvalue weighted by molar-refractivity contribution is 8.00. The zero-order valence-electron chi connectivity index (χ0n) is 10.6. The number of anilines is 1.